The summed E-state index contributed by atoms with van der Waals surface area (Å²) < 4.78 is 5.20. The maximum absolute atomic E-state index is 11.3. The maximum atomic E-state index is 11.3. The molecule has 120 valence electrons. The van der Waals surface area contributed by atoms with Crippen molar-refractivity contribution in [1.82, 2.24) is 0 Å². The molecule has 20 heavy (non-hydrogen) atoms. The van der Waals surface area contributed by atoms with Crippen LogP contribution in [0.25, 0.3) is 0 Å². The van der Waals surface area contributed by atoms with Crippen molar-refractivity contribution >= 4 is 5.97 Å². The molecule has 0 unspecified atom stereocenters. The summed E-state index contributed by atoms with van der Waals surface area (Å²) in [4.78, 5) is 11.3. The Morgan fingerprint density at radius 3 is 1.70 bits per heavy atom. The van der Waals surface area contributed by atoms with Gasteiger partial charge in [0, 0.05) is 6.42 Å². The third kappa shape index (κ3) is 15.5. The van der Waals surface area contributed by atoms with Crippen LogP contribution in [-0.2, 0) is 9.53 Å². The number of carbonyl (C=O) groups is 1. The van der Waals surface area contributed by atoms with Gasteiger partial charge in [-0.05, 0) is 12.3 Å². The number of carbonyl (C=O) groups excluding carboxylic acids is 1. The minimum absolute atomic E-state index is 0.0351. The van der Waals surface area contributed by atoms with Gasteiger partial charge in [0.15, 0.2) is 0 Å². The maximum Gasteiger partial charge on any atom is 0.306 e. The van der Waals surface area contributed by atoms with Gasteiger partial charge in [0.1, 0.15) is 0 Å². The second kappa shape index (κ2) is 14.9. The molecule has 0 aliphatic heterocycles. The van der Waals surface area contributed by atoms with Crippen LogP contribution in [0.4, 0.5) is 0 Å². The Kier molecular flexibility index (Phi) is 14.5. The fourth-order valence-corrected chi connectivity index (χ4v) is 2.34. The van der Waals surface area contributed by atoms with Gasteiger partial charge in [0.2, 0.25) is 0 Å². The van der Waals surface area contributed by atoms with Crippen LogP contribution in [0.2, 0.25) is 0 Å². The first kappa shape index (κ1) is 19.5. The van der Waals surface area contributed by atoms with Crippen LogP contribution in [0, 0.1) is 5.92 Å². The Morgan fingerprint density at radius 2 is 1.25 bits per heavy atom. The van der Waals surface area contributed by atoms with Crippen LogP contribution in [0.1, 0.15) is 97.8 Å². The van der Waals surface area contributed by atoms with Crippen molar-refractivity contribution in [2.45, 2.75) is 97.8 Å². The van der Waals surface area contributed by atoms with E-state index in [4.69, 9.17) is 4.74 Å². The standard InChI is InChI=1S/C18H36O2/c1-4-5-6-7-8-9-10-11-12-13-14-15-20-18(19)16-17(2)3/h17H,4-16H2,1-3H3. The normalized spacial score (nSPS) is 11.0. The summed E-state index contributed by atoms with van der Waals surface area (Å²) in [5.41, 5.74) is 0. The zero-order chi connectivity index (χ0) is 15.1. The Morgan fingerprint density at radius 1 is 0.800 bits per heavy atom. The van der Waals surface area contributed by atoms with Crippen molar-refractivity contribution in [2.75, 3.05) is 6.61 Å². The minimum atomic E-state index is -0.0351. The van der Waals surface area contributed by atoms with E-state index in [0.717, 1.165) is 6.42 Å². The van der Waals surface area contributed by atoms with Crippen molar-refractivity contribution in [3.05, 3.63) is 0 Å². The summed E-state index contributed by atoms with van der Waals surface area (Å²) in [6, 6.07) is 0. The predicted molar refractivity (Wildman–Crippen MR) is 86.9 cm³/mol. The molecule has 0 saturated heterocycles. The Balaban J connectivity index is 3.08. The van der Waals surface area contributed by atoms with E-state index < -0.39 is 0 Å². The lowest BCUT2D eigenvalue weighted by Crippen LogP contribution is -2.08. The molecule has 0 spiro atoms. The summed E-state index contributed by atoms with van der Waals surface area (Å²) in [5, 5.41) is 0. The lowest BCUT2D eigenvalue weighted by molar-refractivity contribution is -0.144. The van der Waals surface area contributed by atoms with Gasteiger partial charge in [-0.15, -0.1) is 0 Å². The molecule has 0 aliphatic rings. The van der Waals surface area contributed by atoms with Gasteiger partial charge in [-0.1, -0.05) is 85.0 Å². The fourth-order valence-electron chi connectivity index (χ4n) is 2.34. The summed E-state index contributed by atoms with van der Waals surface area (Å²) in [7, 11) is 0. The second-order valence-corrected chi connectivity index (χ2v) is 6.35. The van der Waals surface area contributed by atoms with Crippen LogP contribution < -0.4 is 0 Å². The van der Waals surface area contributed by atoms with Gasteiger partial charge in [-0.25, -0.2) is 0 Å². The van der Waals surface area contributed by atoms with Gasteiger partial charge in [-0.3, -0.25) is 4.79 Å². The molecule has 0 N–H and O–H groups in total. The van der Waals surface area contributed by atoms with E-state index in [1.54, 1.807) is 0 Å². The number of unbranched alkanes of at least 4 members (excludes halogenated alkanes) is 10. The molecule has 0 radical (unpaired) electrons. The first-order valence-electron chi connectivity index (χ1n) is 8.82. The van der Waals surface area contributed by atoms with E-state index in [1.807, 2.05) is 13.8 Å². The number of esters is 1. The van der Waals surface area contributed by atoms with Crippen molar-refractivity contribution in [3.63, 3.8) is 0 Å². The molecule has 2 heteroatoms. The average molecular weight is 284 g/mol. The van der Waals surface area contributed by atoms with E-state index >= 15 is 0 Å². The molecule has 0 atom stereocenters. The summed E-state index contributed by atoms with van der Waals surface area (Å²) in [6.07, 6.45) is 15.2. The number of rotatable bonds is 14. The molecule has 0 aliphatic carbocycles. The molecule has 0 bridgehead atoms. The Labute approximate surface area is 126 Å². The first-order chi connectivity index (χ1) is 9.66. The van der Waals surface area contributed by atoms with Crippen LogP contribution in [-0.4, -0.2) is 12.6 Å². The van der Waals surface area contributed by atoms with E-state index in [0.29, 0.717) is 18.9 Å². The van der Waals surface area contributed by atoms with Crippen LogP contribution in [0.5, 0.6) is 0 Å². The molecular formula is C18H36O2. The molecule has 0 rings (SSSR count). The van der Waals surface area contributed by atoms with Crippen molar-refractivity contribution in [2.24, 2.45) is 5.92 Å². The number of ether oxygens (including phenoxy) is 1. The highest BCUT2D eigenvalue weighted by molar-refractivity contribution is 5.69. The average Bonchev–Trinajstić information content (AvgIpc) is 2.39. The molecule has 0 aromatic heterocycles. The van der Waals surface area contributed by atoms with Gasteiger partial charge in [0.25, 0.3) is 0 Å². The first-order valence-corrected chi connectivity index (χ1v) is 8.82. The van der Waals surface area contributed by atoms with Crippen LogP contribution >= 0.6 is 0 Å². The highest BCUT2D eigenvalue weighted by Crippen LogP contribution is 2.11. The second-order valence-electron chi connectivity index (χ2n) is 6.35. The van der Waals surface area contributed by atoms with Gasteiger partial charge < -0.3 is 4.74 Å². The molecule has 0 aromatic carbocycles. The fraction of sp³-hybridized carbons (Fsp3) is 0.944. The SMILES string of the molecule is CCCCCCCCCCCCCOC(=O)CC(C)C. The zero-order valence-corrected chi connectivity index (χ0v) is 14.1. The molecular weight excluding hydrogens is 248 g/mol. The van der Waals surface area contributed by atoms with Crippen LogP contribution in [0.3, 0.4) is 0 Å². The van der Waals surface area contributed by atoms with E-state index in [9.17, 15) is 4.79 Å². The van der Waals surface area contributed by atoms with E-state index in [2.05, 4.69) is 6.92 Å². The molecule has 0 saturated carbocycles. The minimum Gasteiger partial charge on any atom is -0.466 e. The van der Waals surface area contributed by atoms with E-state index in [1.165, 1.54) is 64.2 Å². The predicted octanol–water partition coefficient (Wildman–Crippen LogP) is 5.89. The van der Waals surface area contributed by atoms with Crippen molar-refractivity contribution < 1.29 is 9.53 Å². The molecule has 0 fully saturated rings. The zero-order valence-electron chi connectivity index (χ0n) is 14.1. The topological polar surface area (TPSA) is 26.3 Å². The quantitative estimate of drug-likeness (QED) is 0.294. The monoisotopic (exact) mass is 284 g/mol. The number of hydrogen-bond donors (Lipinski definition) is 0. The summed E-state index contributed by atoms with van der Waals surface area (Å²) in [5.74, 6) is 0.368. The largest absolute Gasteiger partial charge is 0.466 e. The highest BCUT2D eigenvalue weighted by atomic mass is 16.5. The van der Waals surface area contributed by atoms with Crippen molar-refractivity contribution in [1.29, 1.82) is 0 Å². The molecule has 0 amide bonds. The lowest BCUT2D eigenvalue weighted by atomic mass is 10.1. The summed E-state index contributed by atoms with van der Waals surface area (Å²) >= 11 is 0. The number of hydrogen-bond acceptors (Lipinski definition) is 2. The van der Waals surface area contributed by atoms with Gasteiger partial charge in [0.05, 0.1) is 6.61 Å². The third-order valence-electron chi connectivity index (χ3n) is 3.59. The van der Waals surface area contributed by atoms with Gasteiger partial charge >= 0.3 is 5.97 Å². The third-order valence-corrected chi connectivity index (χ3v) is 3.59. The Bertz CT molecular complexity index is 211. The molecule has 0 aromatic rings. The lowest BCUT2D eigenvalue weighted by Gasteiger charge is -2.06. The smallest absolute Gasteiger partial charge is 0.306 e. The van der Waals surface area contributed by atoms with E-state index in [-0.39, 0.29) is 5.97 Å². The van der Waals surface area contributed by atoms with Crippen molar-refractivity contribution in [3.8, 4) is 0 Å². The molecule has 0 heterocycles. The Hall–Kier alpha value is -0.530. The molecule has 2 nitrogen and oxygen atoms in total. The highest BCUT2D eigenvalue weighted by Gasteiger charge is 2.05. The summed E-state index contributed by atoms with van der Waals surface area (Å²) in [6.45, 7) is 6.97. The van der Waals surface area contributed by atoms with Gasteiger partial charge in [-0.2, -0.15) is 0 Å². The van der Waals surface area contributed by atoms with Crippen LogP contribution in [0.15, 0.2) is 0 Å².